The van der Waals surface area contributed by atoms with Crippen LogP contribution in [0.25, 0.3) is 16.5 Å². The van der Waals surface area contributed by atoms with Gasteiger partial charge < -0.3 is 5.11 Å². The second kappa shape index (κ2) is 5.20. The lowest BCUT2D eigenvalue weighted by molar-refractivity contribution is -0.114. The second-order valence-corrected chi connectivity index (χ2v) is 2.76. The maximum atomic E-state index is 11.1. The molecule has 6 nitrogen and oxygen atoms in total. The van der Waals surface area contributed by atoms with Crippen LogP contribution in [0.4, 0.5) is 0 Å². The monoisotopic (exact) mass is 214 g/mol. The van der Waals surface area contributed by atoms with Crippen molar-refractivity contribution in [3.8, 4) is 11.8 Å². The Morgan fingerprint density at radius 1 is 1.50 bits per heavy atom. The molecular formula is C10H6N4O2. The molecule has 0 fully saturated rings. The third kappa shape index (κ3) is 2.87. The van der Waals surface area contributed by atoms with Crippen LogP contribution in [-0.4, -0.2) is 11.0 Å². The van der Waals surface area contributed by atoms with Crippen LogP contribution in [0.3, 0.4) is 0 Å². The molecule has 1 aromatic rings. The highest BCUT2D eigenvalue weighted by Crippen LogP contribution is 2.13. The molecule has 0 radical (unpaired) electrons. The molecule has 0 aromatic heterocycles. The molecule has 0 unspecified atom stereocenters. The molecule has 1 N–H and O–H groups in total. The van der Waals surface area contributed by atoms with Crippen LogP contribution in [0.15, 0.2) is 35.0 Å². The first kappa shape index (κ1) is 11.3. The van der Waals surface area contributed by atoms with Crippen LogP contribution in [-0.2, 0) is 4.79 Å². The number of phenols is 1. The SMILES string of the molecule is N#CC(=Cc1ccc(O)cc1)C(=O)N=[N+]=[N-]. The molecule has 1 aromatic carbocycles. The Labute approximate surface area is 90.7 Å². The van der Waals surface area contributed by atoms with Gasteiger partial charge in [-0.1, -0.05) is 12.1 Å². The van der Waals surface area contributed by atoms with Crippen molar-refractivity contribution in [1.82, 2.24) is 0 Å². The van der Waals surface area contributed by atoms with Crippen LogP contribution in [0.5, 0.6) is 5.75 Å². The number of carbonyl (C=O) groups is 1. The van der Waals surface area contributed by atoms with Gasteiger partial charge in [0.1, 0.15) is 17.4 Å². The number of nitrogens with zero attached hydrogens (tertiary/aromatic N) is 4. The smallest absolute Gasteiger partial charge is 0.259 e. The molecule has 78 valence electrons. The number of phenolic OH excluding ortho intramolecular Hbond substituents is 1. The summed E-state index contributed by atoms with van der Waals surface area (Å²) in [5.41, 5.74) is 8.34. The third-order valence-electron chi connectivity index (χ3n) is 1.69. The van der Waals surface area contributed by atoms with E-state index in [-0.39, 0.29) is 11.3 Å². The Morgan fingerprint density at radius 2 is 2.12 bits per heavy atom. The molecule has 16 heavy (non-hydrogen) atoms. The van der Waals surface area contributed by atoms with E-state index in [0.717, 1.165) is 0 Å². The van der Waals surface area contributed by atoms with Crippen LogP contribution >= 0.6 is 0 Å². The van der Waals surface area contributed by atoms with Crippen molar-refractivity contribution in [3.63, 3.8) is 0 Å². The van der Waals surface area contributed by atoms with Crippen LogP contribution < -0.4 is 0 Å². The second-order valence-electron chi connectivity index (χ2n) is 2.76. The summed E-state index contributed by atoms with van der Waals surface area (Å²) in [4.78, 5) is 13.4. The number of carbonyl (C=O) groups excluding carboxylic acids is 1. The summed E-state index contributed by atoms with van der Waals surface area (Å²) in [6.45, 7) is 0. The van der Waals surface area contributed by atoms with E-state index in [1.54, 1.807) is 6.07 Å². The molecule has 0 aliphatic carbocycles. The fourth-order valence-corrected chi connectivity index (χ4v) is 0.974. The van der Waals surface area contributed by atoms with Crippen molar-refractivity contribution in [1.29, 1.82) is 5.26 Å². The van der Waals surface area contributed by atoms with E-state index in [2.05, 4.69) is 10.0 Å². The number of nitriles is 1. The molecule has 0 aliphatic rings. The highest BCUT2D eigenvalue weighted by atomic mass is 16.3. The summed E-state index contributed by atoms with van der Waals surface area (Å²) in [7, 11) is 0. The Bertz CT molecular complexity index is 519. The largest absolute Gasteiger partial charge is 0.508 e. The Morgan fingerprint density at radius 3 is 2.62 bits per heavy atom. The minimum absolute atomic E-state index is 0.0806. The number of benzene rings is 1. The molecule has 1 amide bonds. The lowest BCUT2D eigenvalue weighted by Crippen LogP contribution is -1.94. The predicted octanol–water partition coefficient (Wildman–Crippen LogP) is 2.14. The lowest BCUT2D eigenvalue weighted by atomic mass is 10.1. The molecule has 0 heterocycles. The standard InChI is InChI=1S/C10H6N4O2/c11-6-8(10(16)13-14-12)5-7-1-3-9(15)4-2-7/h1-5,15H. The van der Waals surface area contributed by atoms with E-state index in [1.165, 1.54) is 30.3 Å². The lowest BCUT2D eigenvalue weighted by Gasteiger charge is -1.95. The number of azide groups is 1. The van der Waals surface area contributed by atoms with Gasteiger partial charge in [-0.3, -0.25) is 4.79 Å². The van der Waals surface area contributed by atoms with Gasteiger partial charge in [0.25, 0.3) is 5.91 Å². The topological polar surface area (TPSA) is 110 Å². The fourth-order valence-electron chi connectivity index (χ4n) is 0.974. The first-order valence-electron chi connectivity index (χ1n) is 4.17. The summed E-state index contributed by atoms with van der Waals surface area (Å²) in [6.07, 6.45) is 1.27. The van der Waals surface area contributed by atoms with Gasteiger partial charge in [0.05, 0.1) is 0 Å². The number of hydrogen-bond donors (Lipinski definition) is 1. The van der Waals surface area contributed by atoms with Gasteiger partial charge in [0.2, 0.25) is 0 Å². The van der Waals surface area contributed by atoms with E-state index < -0.39 is 5.91 Å². The zero-order valence-corrected chi connectivity index (χ0v) is 8.03. The van der Waals surface area contributed by atoms with Crippen LogP contribution in [0, 0.1) is 11.3 Å². The highest BCUT2D eigenvalue weighted by Gasteiger charge is 2.05. The van der Waals surface area contributed by atoms with Gasteiger partial charge in [-0.25, -0.2) is 0 Å². The summed E-state index contributed by atoms with van der Waals surface area (Å²) < 4.78 is 0. The fraction of sp³-hybridized carbons (Fsp3) is 0. The van der Waals surface area contributed by atoms with Crippen molar-refractivity contribution < 1.29 is 9.90 Å². The summed E-state index contributed by atoms with van der Waals surface area (Å²) in [5, 5.41) is 20.5. The normalized spacial score (nSPS) is 10.1. The van der Waals surface area contributed by atoms with E-state index in [0.29, 0.717) is 5.56 Å². The quantitative estimate of drug-likeness (QED) is 0.267. The Kier molecular flexibility index (Phi) is 3.67. The zero-order chi connectivity index (χ0) is 12.0. The molecule has 0 atom stereocenters. The Balaban J connectivity index is 3.06. The van der Waals surface area contributed by atoms with Gasteiger partial charge >= 0.3 is 0 Å². The number of amides is 1. The minimum Gasteiger partial charge on any atom is -0.508 e. The molecular weight excluding hydrogens is 208 g/mol. The van der Waals surface area contributed by atoms with Gasteiger partial charge in [-0.15, -0.1) is 0 Å². The van der Waals surface area contributed by atoms with E-state index >= 15 is 0 Å². The number of hydrogen-bond acceptors (Lipinski definition) is 3. The summed E-state index contributed by atoms with van der Waals surface area (Å²) >= 11 is 0. The number of rotatable bonds is 2. The first-order chi connectivity index (χ1) is 7.67. The highest BCUT2D eigenvalue weighted by molar-refractivity contribution is 6.02. The number of aromatic hydroxyl groups is 1. The molecule has 0 spiro atoms. The summed E-state index contributed by atoms with van der Waals surface area (Å²) in [5.74, 6) is -0.852. The maximum absolute atomic E-state index is 11.1. The Hall–Kier alpha value is -2.77. The van der Waals surface area contributed by atoms with Gasteiger partial charge in [-0.05, 0) is 34.4 Å². The predicted molar refractivity (Wildman–Crippen MR) is 55.8 cm³/mol. The average Bonchev–Trinajstić information content (AvgIpc) is 2.28. The van der Waals surface area contributed by atoms with Gasteiger partial charge in [-0.2, -0.15) is 5.26 Å². The van der Waals surface area contributed by atoms with Crippen molar-refractivity contribution >= 4 is 12.0 Å². The van der Waals surface area contributed by atoms with E-state index in [4.69, 9.17) is 15.9 Å². The average molecular weight is 214 g/mol. The zero-order valence-electron chi connectivity index (χ0n) is 8.03. The summed E-state index contributed by atoms with van der Waals surface area (Å²) in [6, 6.07) is 7.51. The first-order valence-corrected chi connectivity index (χ1v) is 4.17. The van der Waals surface area contributed by atoms with Crippen molar-refractivity contribution in [2.45, 2.75) is 0 Å². The minimum atomic E-state index is -0.932. The van der Waals surface area contributed by atoms with Crippen molar-refractivity contribution in [2.75, 3.05) is 0 Å². The molecule has 0 bridgehead atoms. The van der Waals surface area contributed by atoms with Crippen molar-refractivity contribution in [2.24, 2.45) is 5.11 Å². The van der Waals surface area contributed by atoms with Gasteiger partial charge in [0.15, 0.2) is 0 Å². The molecule has 0 aliphatic heterocycles. The molecule has 0 saturated carbocycles. The van der Waals surface area contributed by atoms with Crippen LogP contribution in [0.1, 0.15) is 5.56 Å². The van der Waals surface area contributed by atoms with Gasteiger partial charge in [0, 0.05) is 4.91 Å². The molecule has 1 rings (SSSR count). The third-order valence-corrected chi connectivity index (χ3v) is 1.69. The van der Waals surface area contributed by atoms with E-state index in [9.17, 15) is 4.79 Å². The van der Waals surface area contributed by atoms with Crippen LogP contribution in [0.2, 0.25) is 0 Å². The molecule has 0 saturated heterocycles. The molecule has 6 heteroatoms. The van der Waals surface area contributed by atoms with Crippen molar-refractivity contribution in [3.05, 3.63) is 45.8 Å². The van der Waals surface area contributed by atoms with E-state index in [1.807, 2.05) is 0 Å². The maximum Gasteiger partial charge on any atom is 0.259 e.